The summed E-state index contributed by atoms with van der Waals surface area (Å²) < 4.78 is 4.90. The molecule has 0 spiro atoms. The van der Waals surface area contributed by atoms with Gasteiger partial charge in [0.05, 0.1) is 6.54 Å². The quantitative estimate of drug-likeness (QED) is 0.808. The van der Waals surface area contributed by atoms with Gasteiger partial charge in [-0.2, -0.15) is 0 Å². The Labute approximate surface area is 112 Å². The predicted molar refractivity (Wildman–Crippen MR) is 70.8 cm³/mol. The largest absolute Gasteiger partial charge is 0.396 e. The van der Waals surface area contributed by atoms with Crippen molar-refractivity contribution in [1.29, 1.82) is 0 Å². The number of likely N-dealkylation sites (tertiary alicyclic amines) is 1. The molecular formula is C13H21N3O3. The van der Waals surface area contributed by atoms with E-state index in [-0.39, 0.29) is 12.5 Å². The monoisotopic (exact) mass is 267 g/mol. The Balaban J connectivity index is 1.80. The molecule has 106 valence electrons. The van der Waals surface area contributed by atoms with E-state index < -0.39 is 0 Å². The van der Waals surface area contributed by atoms with Crippen molar-refractivity contribution in [3.05, 3.63) is 11.8 Å². The molecule has 1 atom stereocenters. The third kappa shape index (κ3) is 4.04. The zero-order valence-electron chi connectivity index (χ0n) is 11.3. The molecule has 6 nitrogen and oxygen atoms in total. The number of hydrogen-bond donors (Lipinski definition) is 2. The van der Waals surface area contributed by atoms with Crippen LogP contribution in [0.4, 0.5) is 5.82 Å². The summed E-state index contributed by atoms with van der Waals surface area (Å²) in [6.45, 7) is 3.33. The van der Waals surface area contributed by atoms with Gasteiger partial charge in [0.15, 0.2) is 5.82 Å². The predicted octanol–water partition coefficient (Wildman–Crippen LogP) is 1.16. The summed E-state index contributed by atoms with van der Waals surface area (Å²) >= 11 is 0. The van der Waals surface area contributed by atoms with Crippen molar-refractivity contribution >= 4 is 11.7 Å². The van der Waals surface area contributed by atoms with Gasteiger partial charge >= 0.3 is 0 Å². The SMILES string of the molecule is Cc1cc(NC(=O)CN2CCCC2CCCO)no1. The number of nitrogens with zero attached hydrogens (tertiary/aromatic N) is 2. The summed E-state index contributed by atoms with van der Waals surface area (Å²) in [6.07, 6.45) is 3.97. The zero-order valence-corrected chi connectivity index (χ0v) is 11.3. The van der Waals surface area contributed by atoms with Crippen molar-refractivity contribution in [3.63, 3.8) is 0 Å². The van der Waals surface area contributed by atoms with E-state index >= 15 is 0 Å². The molecule has 1 fully saturated rings. The van der Waals surface area contributed by atoms with Gasteiger partial charge in [-0.05, 0) is 39.2 Å². The number of nitrogens with one attached hydrogen (secondary N) is 1. The normalized spacial score (nSPS) is 19.8. The number of rotatable bonds is 6. The Morgan fingerprint density at radius 3 is 3.21 bits per heavy atom. The molecule has 1 saturated heterocycles. The third-order valence-corrected chi connectivity index (χ3v) is 3.44. The molecule has 0 saturated carbocycles. The molecular weight excluding hydrogens is 246 g/mol. The van der Waals surface area contributed by atoms with Crippen LogP contribution in [0.5, 0.6) is 0 Å². The fourth-order valence-electron chi connectivity index (χ4n) is 2.55. The van der Waals surface area contributed by atoms with Gasteiger partial charge in [-0.3, -0.25) is 9.69 Å². The number of aromatic nitrogens is 1. The molecule has 2 N–H and O–H groups in total. The molecule has 19 heavy (non-hydrogen) atoms. The highest BCUT2D eigenvalue weighted by atomic mass is 16.5. The van der Waals surface area contributed by atoms with Crippen LogP contribution in [0.15, 0.2) is 10.6 Å². The van der Waals surface area contributed by atoms with Crippen molar-refractivity contribution in [2.24, 2.45) is 0 Å². The first kappa shape index (κ1) is 14.0. The van der Waals surface area contributed by atoms with Crippen LogP contribution in [0.25, 0.3) is 0 Å². The van der Waals surface area contributed by atoms with Crippen molar-refractivity contribution in [1.82, 2.24) is 10.1 Å². The lowest BCUT2D eigenvalue weighted by Crippen LogP contribution is -2.36. The van der Waals surface area contributed by atoms with Crippen molar-refractivity contribution < 1.29 is 14.4 Å². The van der Waals surface area contributed by atoms with Crippen LogP contribution in [0.2, 0.25) is 0 Å². The van der Waals surface area contributed by atoms with Gasteiger partial charge in [0, 0.05) is 18.7 Å². The molecule has 0 radical (unpaired) electrons. The number of hydrogen-bond acceptors (Lipinski definition) is 5. The van der Waals surface area contributed by atoms with Crippen molar-refractivity contribution in [2.75, 3.05) is 25.0 Å². The molecule has 2 heterocycles. The Kier molecular flexibility index (Phi) is 4.93. The molecule has 1 aromatic rings. The van der Waals surface area contributed by atoms with Gasteiger partial charge in [0.25, 0.3) is 0 Å². The Morgan fingerprint density at radius 2 is 2.53 bits per heavy atom. The molecule has 2 rings (SSSR count). The van der Waals surface area contributed by atoms with Gasteiger partial charge in [-0.1, -0.05) is 5.16 Å². The minimum absolute atomic E-state index is 0.0656. The number of aliphatic hydroxyl groups is 1. The van der Waals surface area contributed by atoms with Gasteiger partial charge in [-0.25, -0.2) is 0 Å². The maximum Gasteiger partial charge on any atom is 0.239 e. The van der Waals surface area contributed by atoms with Crippen LogP contribution < -0.4 is 5.32 Å². The number of carbonyl (C=O) groups is 1. The minimum Gasteiger partial charge on any atom is -0.396 e. The molecule has 6 heteroatoms. The highest BCUT2D eigenvalue weighted by Crippen LogP contribution is 2.21. The molecule has 0 aromatic carbocycles. The van der Waals surface area contributed by atoms with E-state index in [1.54, 1.807) is 13.0 Å². The number of carbonyl (C=O) groups excluding carboxylic acids is 1. The second-order valence-electron chi connectivity index (χ2n) is 5.00. The fourth-order valence-corrected chi connectivity index (χ4v) is 2.55. The molecule has 1 aromatic heterocycles. The first-order valence-electron chi connectivity index (χ1n) is 6.77. The maximum atomic E-state index is 11.9. The Morgan fingerprint density at radius 1 is 1.68 bits per heavy atom. The zero-order chi connectivity index (χ0) is 13.7. The van der Waals surface area contributed by atoms with Gasteiger partial charge in [-0.15, -0.1) is 0 Å². The van der Waals surface area contributed by atoms with Crippen LogP contribution in [-0.4, -0.2) is 46.8 Å². The number of aryl methyl sites for hydroxylation is 1. The lowest BCUT2D eigenvalue weighted by molar-refractivity contribution is -0.117. The third-order valence-electron chi connectivity index (χ3n) is 3.44. The van der Waals surface area contributed by atoms with Gasteiger partial charge in [0.2, 0.25) is 5.91 Å². The van der Waals surface area contributed by atoms with Crippen molar-refractivity contribution in [2.45, 2.75) is 38.6 Å². The molecule has 1 aliphatic heterocycles. The lowest BCUT2D eigenvalue weighted by Gasteiger charge is -2.23. The minimum atomic E-state index is -0.0656. The van der Waals surface area contributed by atoms with Crippen LogP contribution in [0.1, 0.15) is 31.4 Å². The molecule has 0 aliphatic carbocycles. The van der Waals surface area contributed by atoms with E-state index in [1.807, 2.05) is 0 Å². The van der Waals surface area contributed by atoms with E-state index in [4.69, 9.17) is 9.63 Å². The fraction of sp³-hybridized carbons (Fsp3) is 0.692. The van der Waals surface area contributed by atoms with Crippen LogP contribution in [-0.2, 0) is 4.79 Å². The van der Waals surface area contributed by atoms with E-state index in [1.165, 1.54) is 0 Å². The van der Waals surface area contributed by atoms with Crippen LogP contribution in [0, 0.1) is 6.92 Å². The molecule has 1 unspecified atom stereocenters. The van der Waals surface area contributed by atoms with E-state index in [0.29, 0.717) is 24.2 Å². The summed E-state index contributed by atoms with van der Waals surface area (Å²) in [7, 11) is 0. The summed E-state index contributed by atoms with van der Waals surface area (Å²) in [4.78, 5) is 14.1. The first-order valence-corrected chi connectivity index (χ1v) is 6.77. The van der Waals surface area contributed by atoms with E-state index in [9.17, 15) is 4.79 Å². The summed E-state index contributed by atoms with van der Waals surface area (Å²) in [5, 5.41) is 15.3. The van der Waals surface area contributed by atoms with Crippen LogP contribution >= 0.6 is 0 Å². The second kappa shape index (κ2) is 6.68. The molecule has 1 aliphatic rings. The van der Waals surface area contributed by atoms with Crippen molar-refractivity contribution in [3.8, 4) is 0 Å². The first-order chi connectivity index (χ1) is 9.19. The average Bonchev–Trinajstić information content (AvgIpc) is 2.96. The average molecular weight is 267 g/mol. The lowest BCUT2D eigenvalue weighted by atomic mass is 10.1. The Hall–Kier alpha value is -1.40. The second-order valence-corrected chi connectivity index (χ2v) is 5.00. The number of aliphatic hydroxyl groups excluding tert-OH is 1. The Bertz CT molecular complexity index is 419. The molecule has 1 amide bonds. The van der Waals surface area contributed by atoms with Gasteiger partial charge < -0.3 is 14.9 Å². The van der Waals surface area contributed by atoms with E-state index in [0.717, 1.165) is 32.2 Å². The smallest absolute Gasteiger partial charge is 0.239 e. The highest BCUT2D eigenvalue weighted by molar-refractivity contribution is 5.91. The number of amides is 1. The maximum absolute atomic E-state index is 11.9. The van der Waals surface area contributed by atoms with Gasteiger partial charge in [0.1, 0.15) is 5.76 Å². The number of anilines is 1. The topological polar surface area (TPSA) is 78.6 Å². The van der Waals surface area contributed by atoms with Crippen LogP contribution in [0.3, 0.4) is 0 Å². The summed E-state index contributed by atoms with van der Waals surface area (Å²) in [6, 6.07) is 2.11. The summed E-state index contributed by atoms with van der Waals surface area (Å²) in [5.74, 6) is 1.08. The molecule has 0 bridgehead atoms. The highest BCUT2D eigenvalue weighted by Gasteiger charge is 2.25. The summed E-state index contributed by atoms with van der Waals surface area (Å²) in [5.41, 5.74) is 0. The standard InChI is InChI=1S/C13H21N3O3/c1-10-8-12(15-19-10)14-13(18)9-16-6-2-4-11(16)5-3-7-17/h8,11,17H,2-7,9H2,1H3,(H,14,15,18). The van der Waals surface area contributed by atoms with E-state index in [2.05, 4.69) is 15.4 Å².